The Morgan fingerprint density at radius 1 is 1.38 bits per heavy atom. The van der Waals surface area contributed by atoms with E-state index in [2.05, 4.69) is 0 Å². The van der Waals surface area contributed by atoms with Gasteiger partial charge in [-0.25, -0.2) is 0 Å². The van der Waals surface area contributed by atoms with E-state index in [9.17, 15) is 18.0 Å². The predicted molar refractivity (Wildman–Crippen MR) is 54.4 cm³/mol. The molecule has 1 atom stereocenters. The number of halogens is 4. The van der Waals surface area contributed by atoms with Crippen molar-refractivity contribution in [2.75, 3.05) is 0 Å². The molecule has 0 bridgehead atoms. The molecule has 1 aromatic rings. The van der Waals surface area contributed by atoms with Gasteiger partial charge in [0.1, 0.15) is 6.04 Å². The molecule has 1 aromatic carbocycles. The monoisotopic (exact) mass is 251 g/mol. The summed E-state index contributed by atoms with van der Waals surface area (Å²) in [7, 11) is 0. The maximum Gasteiger partial charge on any atom is 0.408 e. The van der Waals surface area contributed by atoms with Gasteiger partial charge in [0.25, 0.3) is 5.91 Å². The van der Waals surface area contributed by atoms with Crippen molar-refractivity contribution in [3.05, 3.63) is 34.9 Å². The van der Waals surface area contributed by atoms with Crippen LogP contribution in [0.1, 0.15) is 17.3 Å². The third-order valence-corrected chi connectivity index (χ3v) is 2.29. The molecule has 0 fully saturated rings. The summed E-state index contributed by atoms with van der Waals surface area (Å²) >= 11 is 5.67. The van der Waals surface area contributed by atoms with E-state index in [1.807, 2.05) is 5.32 Å². The highest BCUT2D eigenvalue weighted by molar-refractivity contribution is 6.33. The van der Waals surface area contributed by atoms with Crippen LogP contribution in [0.25, 0.3) is 0 Å². The average molecular weight is 252 g/mol. The second-order valence-corrected chi connectivity index (χ2v) is 3.62. The Morgan fingerprint density at radius 3 is 2.44 bits per heavy atom. The van der Waals surface area contributed by atoms with Crippen molar-refractivity contribution < 1.29 is 18.0 Å². The minimum absolute atomic E-state index is 0.0280. The summed E-state index contributed by atoms with van der Waals surface area (Å²) in [5.41, 5.74) is 0.0280. The number of amides is 1. The lowest BCUT2D eigenvalue weighted by atomic mass is 10.2. The highest BCUT2D eigenvalue weighted by Gasteiger charge is 2.37. The third-order valence-electron chi connectivity index (χ3n) is 1.96. The van der Waals surface area contributed by atoms with Crippen molar-refractivity contribution in [1.29, 1.82) is 0 Å². The normalized spacial score (nSPS) is 13.3. The minimum Gasteiger partial charge on any atom is -0.340 e. The third kappa shape index (κ3) is 3.13. The summed E-state index contributed by atoms with van der Waals surface area (Å²) in [5.74, 6) is -0.838. The van der Waals surface area contributed by atoms with Gasteiger partial charge in [0.15, 0.2) is 0 Å². The topological polar surface area (TPSA) is 29.1 Å². The summed E-state index contributed by atoms with van der Waals surface area (Å²) in [6.45, 7) is 0.870. The van der Waals surface area contributed by atoms with Crippen LogP contribution in [0.2, 0.25) is 5.02 Å². The van der Waals surface area contributed by atoms with Gasteiger partial charge in [-0.3, -0.25) is 4.79 Å². The molecule has 1 rings (SSSR count). The first-order chi connectivity index (χ1) is 7.32. The van der Waals surface area contributed by atoms with Crippen molar-refractivity contribution in [1.82, 2.24) is 5.32 Å². The van der Waals surface area contributed by atoms with Crippen molar-refractivity contribution in [2.24, 2.45) is 0 Å². The minimum atomic E-state index is -4.46. The molecule has 0 saturated carbocycles. The molecule has 1 N–H and O–H groups in total. The molecule has 0 aromatic heterocycles. The standard InChI is InChI=1S/C10H9ClF3NO/c1-6(10(12,13)14)15-9(16)7-4-2-3-5-8(7)11/h2-6H,1H3,(H,15,16). The Kier molecular flexibility index (Phi) is 3.80. The second-order valence-electron chi connectivity index (χ2n) is 3.22. The Hall–Kier alpha value is -1.23. The number of rotatable bonds is 2. The van der Waals surface area contributed by atoms with E-state index in [1.165, 1.54) is 18.2 Å². The number of hydrogen-bond acceptors (Lipinski definition) is 1. The largest absolute Gasteiger partial charge is 0.408 e. The van der Waals surface area contributed by atoms with Crippen LogP contribution >= 0.6 is 11.6 Å². The first-order valence-corrected chi connectivity index (χ1v) is 4.82. The molecule has 2 nitrogen and oxygen atoms in total. The van der Waals surface area contributed by atoms with Gasteiger partial charge in [-0.15, -0.1) is 0 Å². The summed E-state index contributed by atoms with van der Waals surface area (Å²) in [5, 5.41) is 1.95. The van der Waals surface area contributed by atoms with E-state index in [0.717, 1.165) is 6.92 Å². The molecule has 0 aliphatic carbocycles. The number of carbonyl (C=O) groups excluding carboxylic acids is 1. The van der Waals surface area contributed by atoms with Gasteiger partial charge in [-0.05, 0) is 19.1 Å². The lowest BCUT2D eigenvalue weighted by Crippen LogP contribution is -2.43. The fraction of sp³-hybridized carbons (Fsp3) is 0.300. The van der Waals surface area contributed by atoms with Crippen LogP contribution in [0.3, 0.4) is 0 Å². The van der Waals surface area contributed by atoms with Crippen molar-refractivity contribution in [3.8, 4) is 0 Å². The maximum atomic E-state index is 12.2. The molecule has 0 aliphatic rings. The zero-order valence-electron chi connectivity index (χ0n) is 8.31. The van der Waals surface area contributed by atoms with E-state index in [0.29, 0.717) is 0 Å². The van der Waals surface area contributed by atoms with E-state index in [-0.39, 0.29) is 10.6 Å². The Bertz CT molecular complexity index is 392. The highest BCUT2D eigenvalue weighted by atomic mass is 35.5. The van der Waals surface area contributed by atoms with Crippen LogP contribution in [-0.4, -0.2) is 18.1 Å². The van der Waals surface area contributed by atoms with Gasteiger partial charge in [0, 0.05) is 0 Å². The van der Waals surface area contributed by atoms with Crippen LogP contribution in [0.5, 0.6) is 0 Å². The van der Waals surface area contributed by atoms with E-state index >= 15 is 0 Å². The zero-order chi connectivity index (χ0) is 12.3. The first-order valence-electron chi connectivity index (χ1n) is 4.44. The Balaban J connectivity index is 2.78. The molecule has 6 heteroatoms. The molecule has 1 amide bonds. The summed E-state index contributed by atoms with van der Waals surface area (Å²) < 4.78 is 36.5. The van der Waals surface area contributed by atoms with Crippen molar-refractivity contribution >= 4 is 17.5 Å². The number of carbonyl (C=O) groups is 1. The number of benzene rings is 1. The second kappa shape index (κ2) is 4.74. The van der Waals surface area contributed by atoms with Crippen LogP contribution in [-0.2, 0) is 0 Å². The fourth-order valence-electron chi connectivity index (χ4n) is 1.00. The van der Waals surface area contributed by atoms with E-state index < -0.39 is 18.1 Å². The van der Waals surface area contributed by atoms with Crippen LogP contribution in [0.15, 0.2) is 24.3 Å². The van der Waals surface area contributed by atoms with Gasteiger partial charge in [-0.2, -0.15) is 13.2 Å². The summed E-state index contributed by atoms with van der Waals surface area (Å²) in [6, 6.07) is 4.01. The number of hydrogen-bond donors (Lipinski definition) is 1. The van der Waals surface area contributed by atoms with E-state index in [1.54, 1.807) is 6.07 Å². The molecule has 0 radical (unpaired) electrons. The molecule has 0 spiro atoms. The van der Waals surface area contributed by atoms with Crippen LogP contribution in [0.4, 0.5) is 13.2 Å². The molecule has 1 unspecified atom stereocenters. The number of alkyl halides is 3. The fourth-order valence-corrected chi connectivity index (χ4v) is 1.22. The lowest BCUT2D eigenvalue weighted by molar-refractivity contribution is -0.149. The molecule has 0 heterocycles. The molecule has 0 saturated heterocycles. The quantitative estimate of drug-likeness (QED) is 0.860. The SMILES string of the molecule is CC(NC(=O)c1ccccc1Cl)C(F)(F)F. The van der Waals surface area contributed by atoms with Gasteiger partial charge in [-0.1, -0.05) is 23.7 Å². The molecular formula is C10H9ClF3NO. The lowest BCUT2D eigenvalue weighted by Gasteiger charge is -2.17. The van der Waals surface area contributed by atoms with Gasteiger partial charge in [0.05, 0.1) is 10.6 Å². The van der Waals surface area contributed by atoms with Gasteiger partial charge >= 0.3 is 6.18 Å². The summed E-state index contributed by atoms with van der Waals surface area (Å²) in [6.07, 6.45) is -4.46. The maximum absolute atomic E-state index is 12.2. The first kappa shape index (κ1) is 12.8. The highest BCUT2D eigenvalue weighted by Crippen LogP contribution is 2.21. The molecular weight excluding hydrogens is 243 g/mol. The smallest absolute Gasteiger partial charge is 0.340 e. The Labute approximate surface area is 95.4 Å². The van der Waals surface area contributed by atoms with E-state index in [4.69, 9.17) is 11.6 Å². The van der Waals surface area contributed by atoms with Crippen molar-refractivity contribution in [2.45, 2.75) is 19.1 Å². The Morgan fingerprint density at radius 2 is 1.94 bits per heavy atom. The predicted octanol–water partition coefficient (Wildman–Crippen LogP) is 3.02. The van der Waals surface area contributed by atoms with Crippen LogP contribution in [0, 0.1) is 0 Å². The van der Waals surface area contributed by atoms with Crippen LogP contribution < -0.4 is 5.32 Å². The zero-order valence-corrected chi connectivity index (χ0v) is 9.06. The molecule has 88 valence electrons. The number of nitrogens with one attached hydrogen (secondary N) is 1. The van der Waals surface area contributed by atoms with Gasteiger partial charge < -0.3 is 5.32 Å². The molecule has 0 aliphatic heterocycles. The van der Waals surface area contributed by atoms with Crippen molar-refractivity contribution in [3.63, 3.8) is 0 Å². The average Bonchev–Trinajstić information content (AvgIpc) is 2.16. The molecule has 16 heavy (non-hydrogen) atoms. The van der Waals surface area contributed by atoms with Gasteiger partial charge in [0.2, 0.25) is 0 Å². The summed E-state index contributed by atoms with van der Waals surface area (Å²) in [4.78, 5) is 11.4.